The Morgan fingerprint density at radius 1 is 1.10 bits per heavy atom. The molecule has 0 nitrogen and oxygen atoms in total. The van der Waals surface area contributed by atoms with Gasteiger partial charge in [-0.1, -0.05) is 99.8 Å². The van der Waals surface area contributed by atoms with E-state index in [-0.39, 0.29) is 0 Å². The van der Waals surface area contributed by atoms with Gasteiger partial charge in [-0.2, -0.15) is 0 Å². The molecule has 0 saturated heterocycles. The van der Waals surface area contributed by atoms with Crippen LogP contribution in [0.3, 0.4) is 0 Å². The van der Waals surface area contributed by atoms with Crippen LogP contribution in [0.4, 0.5) is 0 Å². The van der Waals surface area contributed by atoms with Crippen molar-refractivity contribution in [2.24, 2.45) is 0 Å². The number of thiophene rings is 1. The van der Waals surface area contributed by atoms with Crippen LogP contribution < -0.4 is 0 Å². The largest absolute Gasteiger partial charge is 0.149 e. The van der Waals surface area contributed by atoms with Gasteiger partial charge in [0, 0.05) is 25.3 Å². The van der Waals surface area contributed by atoms with Crippen LogP contribution in [-0.2, 0) is 0 Å². The van der Waals surface area contributed by atoms with E-state index in [1.807, 2.05) is 11.3 Å². The summed E-state index contributed by atoms with van der Waals surface area (Å²) in [5.41, 5.74) is 0. The maximum absolute atomic E-state index is 3.96. The third-order valence-electron chi connectivity index (χ3n) is 3.63. The molecule has 0 aromatic carbocycles. The van der Waals surface area contributed by atoms with Crippen molar-refractivity contribution in [2.45, 2.75) is 72.8 Å². The molecule has 116 valence electrons. The summed E-state index contributed by atoms with van der Waals surface area (Å²) in [5, 5.41) is 2.18. The lowest BCUT2D eigenvalue weighted by molar-refractivity contribution is 0.549. The monoisotopic (exact) mass is 486 g/mol. The molecule has 0 radical (unpaired) electrons. The highest BCUT2D eigenvalue weighted by atomic mass is 79.9. The van der Waals surface area contributed by atoms with E-state index in [4.69, 9.17) is 0 Å². The molecule has 4 heteroatoms. The normalized spacial score (nSPS) is 17.6. The number of halogens is 3. The molecule has 1 heterocycles. The van der Waals surface area contributed by atoms with Crippen LogP contribution in [0.25, 0.3) is 0 Å². The molecule has 0 N–H and O–H groups in total. The zero-order chi connectivity index (χ0) is 15.0. The number of hydrogen-bond donors (Lipinski definition) is 0. The summed E-state index contributed by atoms with van der Waals surface area (Å²) in [6.45, 7) is 4.49. The van der Waals surface area contributed by atoms with Gasteiger partial charge in [-0.05, 0) is 17.9 Å². The molecule has 1 rings (SSSR count). The van der Waals surface area contributed by atoms with Crippen LogP contribution in [0.1, 0.15) is 63.2 Å². The van der Waals surface area contributed by atoms with Gasteiger partial charge < -0.3 is 0 Å². The Morgan fingerprint density at radius 2 is 1.80 bits per heavy atom. The minimum absolute atomic E-state index is 0.459. The van der Waals surface area contributed by atoms with Crippen LogP contribution in [0, 0.1) is 0 Å². The summed E-state index contributed by atoms with van der Waals surface area (Å²) in [6.07, 6.45) is 8.03. The van der Waals surface area contributed by atoms with Gasteiger partial charge in [0.2, 0.25) is 0 Å². The van der Waals surface area contributed by atoms with E-state index in [0.29, 0.717) is 20.4 Å². The minimum Gasteiger partial charge on any atom is -0.149 e. The molecule has 0 saturated carbocycles. The maximum Gasteiger partial charge on any atom is 0.0355 e. The van der Waals surface area contributed by atoms with Gasteiger partial charge in [0.25, 0.3) is 0 Å². The number of alkyl halides is 3. The summed E-state index contributed by atoms with van der Waals surface area (Å²) >= 11 is 13.5. The van der Waals surface area contributed by atoms with Crippen molar-refractivity contribution in [2.75, 3.05) is 0 Å². The Labute approximate surface area is 153 Å². The first-order valence-electron chi connectivity index (χ1n) is 7.53. The van der Waals surface area contributed by atoms with Gasteiger partial charge in [-0.15, -0.1) is 11.3 Å². The predicted octanol–water partition coefficient (Wildman–Crippen LogP) is 7.50. The second-order valence-electron chi connectivity index (χ2n) is 5.38. The van der Waals surface area contributed by atoms with Crippen LogP contribution in [0.15, 0.2) is 17.5 Å². The number of hydrogen-bond acceptors (Lipinski definition) is 1. The topological polar surface area (TPSA) is 0 Å². The Balaban J connectivity index is 2.55. The van der Waals surface area contributed by atoms with Gasteiger partial charge in [0.15, 0.2) is 0 Å². The zero-order valence-corrected chi connectivity index (χ0v) is 17.9. The Hall–Kier alpha value is 1.14. The van der Waals surface area contributed by atoms with Crippen LogP contribution in [0.5, 0.6) is 0 Å². The third kappa shape index (κ3) is 6.50. The molecular weight excluding hydrogens is 464 g/mol. The lowest BCUT2D eigenvalue weighted by atomic mass is 9.94. The molecule has 0 aliphatic carbocycles. The van der Waals surface area contributed by atoms with Gasteiger partial charge in [0.1, 0.15) is 0 Å². The quantitative estimate of drug-likeness (QED) is 0.236. The first-order valence-corrected chi connectivity index (χ1v) is 11.2. The zero-order valence-electron chi connectivity index (χ0n) is 12.3. The fourth-order valence-electron chi connectivity index (χ4n) is 2.42. The molecule has 0 fully saturated rings. The molecule has 1 aromatic heterocycles. The standard InChI is InChI=1S/C16H25Br3S/c1-3-4-5-6-7-9-13(18)15(16(19)12(2)17)14-10-8-11-20-14/h8,10-13,15-16H,3-7,9H2,1-2H3. The average molecular weight is 489 g/mol. The van der Waals surface area contributed by atoms with Gasteiger partial charge in [-0.25, -0.2) is 0 Å². The second kappa shape index (κ2) is 10.8. The molecule has 0 amide bonds. The van der Waals surface area contributed by atoms with E-state index in [9.17, 15) is 0 Å². The first kappa shape index (κ1) is 19.2. The molecule has 0 spiro atoms. The van der Waals surface area contributed by atoms with E-state index >= 15 is 0 Å². The fourth-order valence-corrected chi connectivity index (χ4v) is 6.04. The lowest BCUT2D eigenvalue weighted by Gasteiger charge is -2.28. The van der Waals surface area contributed by atoms with Crippen molar-refractivity contribution in [3.05, 3.63) is 22.4 Å². The first-order chi connectivity index (χ1) is 9.57. The Bertz CT molecular complexity index is 338. The van der Waals surface area contributed by atoms with E-state index < -0.39 is 0 Å². The van der Waals surface area contributed by atoms with Crippen LogP contribution >= 0.6 is 59.1 Å². The van der Waals surface area contributed by atoms with Crippen molar-refractivity contribution in [1.29, 1.82) is 0 Å². The smallest absolute Gasteiger partial charge is 0.0355 e. The van der Waals surface area contributed by atoms with E-state index in [0.717, 1.165) is 0 Å². The summed E-state index contributed by atoms with van der Waals surface area (Å²) in [5.74, 6) is 0.538. The van der Waals surface area contributed by atoms with E-state index in [1.54, 1.807) is 0 Å². The summed E-state index contributed by atoms with van der Waals surface area (Å²) < 4.78 is 0. The molecule has 0 aliphatic heterocycles. The molecule has 20 heavy (non-hydrogen) atoms. The Morgan fingerprint density at radius 3 is 2.35 bits per heavy atom. The molecule has 1 aromatic rings. The van der Waals surface area contributed by atoms with E-state index in [1.165, 1.54) is 43.4 Å². The van der Waals surface area contributed by atoms with Gasteiger partial charge in [0.05, 0.1) is 0 Å². The third-order valence-corrected chi connectivity index (χ3v) is 8.27. The SMILES string of the molecule is CCCCCCCC(Br)C(c1cccs1)C(Br)C(C)Br. The number of unbranched alkanes of at least 4 members (excludes halogenated alkanes) is 4. The van der Waals surface area contributed by atoms with Crippen molar-refractivity contribution < 1.29 is 0 Å². The fraction of sp³-hybridized carbons (Fsp3) is 0.750. The molecule has 4 unspecified atom stereocenters. The second-order valence-corrected chi connectivity index (χ2v) is 10.0. The minimum atomic E-state index is 0.459. The van der Waals surface area contributed by atoms with Crippen molar-refractivity contribution in [3.8, 4) is 0 Å². The van der Waals surface area contributed by atoms with Crippen molar-refractivity contribution >= 4 is 59.1 Å². The summed E-state index contributed by atoms with van der Waals surface area (Å²) in [7, 11) is 0. The van der Waals surface area contributed by atoms with Crippen LogP contribution in [-0.4, -0.2) is 14.5 Å². The van der Waals surface area contributed by atoms with Crippen molar-refractivity contribution in [1.82, 2.24) is 0 Å². The van der Waals surface area contributed by atoms with Crippen molar-refractivity contribution in [3.63, 3.8) is 0 Å². The molecular formula is C16H25Br3S. The highest BCUT2D eigenvalue weighted by Gasteiger charge is 2.30. The molecule has 0 bridgehead atoms. The predicted molar refractivity (Wildman–Crippen MR) is 104 cm³/mol. The Kier molecular flexibility index (Phi) is 10.4. The van der Waals surface area contributed by atoms with Gasteiger partial charge >= 0.3 is 0 Å². The lowest BCUT2D eigenvalue weighted by Crippen LogP contribution is -2.26. The van der Waals surface area contributed by atoms with Gasteiger partial charge in [-0.3, -0.25) is 0 Å². The number of rotatable bonds is 10. The summed E-state index contributed by atoms with van der Waals surface area (Å²) in [4.78, 5) is 2.96. The highest BCUT2D eigenvalue weighted by molar-refractivity contribution is 9.12. The highest BCUT2D eigenvalue weighted by Crippen LogP contribution is 2.40. The molecule has 4 atom stereocenters. The maximum atomic E-state index is 3.96. The summed E-state index contributed by atoms with van der Waals surface area (Å²) in [6, 6.07) is 4.43. The average Bonchev–Trinajstić information content (AvgIpc) is 2.92. The molecule has 0 aliphatic rings. The van der Waals surface area contributed by atoms with E-state index in [2.05, 4.69) is 79.2 Å². The van der Waals surface area contributed by atoms with Crippen LogP contribution in [0.2, 0.25) is 0 Å².